The molecule has 0 aliphatic carbocycles. The van der Waals surface area contributed by atoms with Gasteiger partial charge >= 0.3 is 0 Å². The van der Waals surface area contributed by atoms with E-state index in [1.54, 1.807) is 11.8 Å². The Morgan fingerprint density at radius 2 is 1.25 bits per heavy atom. The Kier molecular flexibility index (Phi) is 6.95. The molecule has 3 heteroatoms. The highest BCUT2D eigenvalue weighted by Gasteiger charge is 2.10. The van der Waals surface area contributed by atoms with Gasteiger partial charge in [0.15, 0.2) is 6.29 Å². The van der Waals surface area contributed by atoms with Gasteiger partial charge in [-0.2, -0.15) is 0 Å². The minimum Gasteiger partial charge on any atom is -0.297 e. The average Bonchev–Trinajstić information content (AvgIpc) is 2.54. The van der Waals surface area contributed by atoms with E-state index in [9.17, 15) is 4.79 Å². The van der Waals surface area contributed by atoms with Crippen molar-refractivity contribution in [2.75, 3.05) is 0 Å². The molecule has 0 atom stereocenters. The quantitative estimate of drug-likeness (QED) is 0.252. The summed E-state index contributed by atoms with van der Waals surface area (Å²) >= 11 is 3.17. The van der Waals surface area contributed by atoms with Gasteiger partial charge in [0.1, 0.15) is 0 Å². The maximum absolute atomic E-state index is 11.5. The van der Waals surface area contributed by atoms with Gasteiger partial charge in [0.05, 0.1) is 4.91 Å². The number of aldehydes is 1. The normalized spacial score (nSPS) is 13.0. The van der Waals surface area contributed by atoms with E-state index >= 15 is 0 Å². The van der Waals surface area contributed by atoms with E-state index < -0.39 is 0 Å². The van der Waals surface area contributed by atoms with Crippen molar-refractivity contribution in [2.24, 2.45) is 5.41 Å². The summed E-state index contributed by atoms with van der Waals surface area (Å²) in [5, 5.41) is 0. The third kappa shape index (κ3) is 6.81. The molecule has 0 saturated heterocycles. The highest BCUT2D eigenvalue weighted by Crippen LogP contribution is 2.34. The summed E-state index contributed by atoms with van der Waals surface area (Å²) < 4.78 is 0. The molecule has 0 bridgehead atoms. The predicted molar refractivity (Wildman–Crippen MR) is 106 cm³/mol. The molecule has 0 heterocycles. The Hall–Kier alpha value is -1.71. The first kappa shape index (κ1) is 18.6. The number of thioether (sulfide) groups is 2. The van der Waals surface area contributed by atoms with Crippen LogP contribution in [0, 0.1) is 5.41 Å². The molecule has 0 aromatic heterocycles. The lowest BCUT2D eigenvalue weighted by atomic mass is 9.96. The molecule has 2 rings (SSSR count). The predicted octanol–water partition coefficient (Wildman–Crippen LogP) is 6.58. The second-order valence-corrected chi connectivity index (χ2v) is 8.70. The van der Waals surface area contributed by atoms with E-state index in [0.717, 1.165) is 16.1 Å². The Morgan fingerprint density at radius 1 is 0.792 bits per heavy atom. The maximum atomic E-state index is 11.5. The molecule has 0 fully saturated rings. The number of benzene rings is 2. The van der Waals surface area contributed by atoms with Crippen LogP contribution in [0.2, 0.25) is 0 Å². The van der Waals surface area contributed by atoms with Gasteiger partial charge in [0.2, 0.25) is 0 Å². The fourth-order valence-corrected chi connectivity index (χ4v) is 4.04. The molecular weight excluding hydrogens is 332 g/mol. The van der Waals surface area contributed by atoms with Crippen LogP contribution >= 0.6 is 23.5 Å². The van der Waals surface area contributed by atoms with Crippen LogP contribution in [0.15, 0.2) is 92.4 Å². The van der Waals surface area contributed by atoms with E-state index in [2.05, 4.69) is 39.0 Å². The number of rotatable bonds is 6. The lowest BCUT2D eigenvalue weighted by Gasteiger charge is -2.15. The SMILES string of the molecule is CC(C)(C)/C=C(/C=C(/C=O)Sc1ccccc1)Sc1ccccc1. The summed E-state index contributed by atoms with van der Waals surface area (Å²) in [7, 11) is 0. The van der Waals surface area contributed by atoms with E-state index in [0.29, 0.717) is 4.91 Å². The molecule has 0 aliphatic heterocycles. The molecular formula is C21H22OS2. The zero-order chi connectivity index (χ0) is 17.4. The smallest absolute Gasteiger partial charge is 0.156 e. The zero-order valence-electron chi connectivity index (χ0n) is 14.2. The molecule has 0 saturated carbocycles. The first-order valence-electron chi connectivity index (χ1n) is 7.82. The van der Waals surface area contributed by atoms with Crippen molar-refractivity contribution in [1.82, 2.24) is 0 Å². The highest BCUT2D eigenvalue weighted by molar-refractivity contribution is 8.04. The van der Waals surface area contributed by atoms with Crippen molar-refractivity contribution in [2.45, 2.75) is 30.6 Å². The first-order chi connectivity index (χ1) is 11.5. The number of allylic oxidation sites excluding steroid dienone is 3. The molecule has 0 N–H and O–H groups in total. The van der Waals surface area contributed by atoms with Gasteiger partial charge < -0.3 is 0 Å². The molecule has 124 valence electrons. The van der Waals surface area contributed by atoms with Crippen molar-refractivity contribution in [3.63, 3.8) is 0 Å². The van der Waals surface area contributed by atoms with Crippen LogP contribution in [-0.4, -0.2) is 6.29 Å². The Morgan fingerprint density at radius 3 is 1.67 bits per heavy atom. The van der Waals surface area contributed by atoms with Crippen molar-refractivity contribution in [1.29, 1.82) is 0 Å². The van der Waals surface area contributed by atoms with Gasteiger partial charge in [-0.1, -0.05) is 86.8 Å². The number of carbonyl (C=O) groups excluding carboxylic acids is 1. The van der Waals surface area contributed by atoms with E-state index in [-0.39, 0.29) is 5.41 Å². The standard InChI is InChI=1S/C21H22OS2/c1-21(2,3)15-19(23-17-10-6-4-7-11-17)14-20(16-22)24-18-12-8-5-9-13-18/h4-16H,1-3H3/b19-15-,20-14-. The molecule has 0 aliphatic rings. The molecule has 2 aromatic carbocycles. The van der Waals surface area contributed by atoms with Crippen LogP contribution in [0.3, 0.4) is 0 Å². The van der Waals surface area contributed by atoms with Crippen LogP contribution in [0.5, 0.6) is 0 Å². The first-order valence-corrected chi connectivity index (χ1v) is 9.45. The highest BCUT2D eigenvalue weighted by atomic mass is 32.2. The van der Waals surface area contributed by atoms with Crippen LogP contribution < -0.4 is 0 Å². The van der Waals surface area contributed by atoms with E-state index in [1.807, 2.05) is 54.6 Å². The summed E-state index contributed by atoms with van der Waals surface area (Å²) in [4.78, 5) is 15.6. The van der Waals surface area contributed by atoms with Crippen LogP contribution in [0.25, 0.3) is 0 Å². The van der Waals surface area contributed by atoms with Crippen LogP contribution in [-0.2, 0) is 4.79 Å². The van der Waals surface area contributed by atoms with Crippen molar-refractivity contribution in [3.8, 4) is 0 Å². The Bertz CT molecular complexity index is 711. The molecule has 0 unspecified atom stereocenters. The van der Waals surface area contributed by atoms with Crippen molar-refractivity contribution >= 4 is 29.8 Å². The fourth-order valence-electron chi connectivity index (χ4n) is 2.00. The monoisotopic (exact) mass is 354 g/mol. The molecule has 24 heavy (non-hydrogen) atoms. The third-order valence-corrected chi connectivity index (χ3v) is 4.87. The molecule has 0 spiro atoms. The number of hydrogen-bond acceptors (Lipinski definition) is 3. The third-order valence-electron chi connectivity index (χ3n) is 2.93. The van der Waals surface area contributed by atoms with Gasteiger partial charge in [0, 0.05) is 14.7 Å². The largest absolute Gasteiger partial charge is 0.297 e. The lowest BCUT2D eigenvalue weighted by Crippen LogP contribution is -2.00. The summed E-state index contributed by atoms with van der Waals surface area (Å²) in [6.45, 7) is 6.49. The van der Waals surface area contributed by atoms with Gasteiger partial charge in [0.25, 0.3) is 0 Å². The molecule has 2 aromatic rings. The Balaban J connectivity index is 2.28. The number of hydrogen-bond donors (Lipinski definition) is 0. The lowest BCUT2D eigenvalue weighted by molar-refractivity contribution is -0.104. The second-order valence-electron chi connectivity index (χ2n) is 6.41. The maximum Gasteiger partial charge on any atom is 0.156 e. The summed E-state index contributed by atoms with van der Waals surface area (Å²) in [5.41, 5.74) is 0.0407. The average molecular weight is 355 g/mol. The van der Waals surface area contributed by atoms with E-state index in [1.165, 1.54) is 16.7 Å². The van der Waals surface area contributed by atoms with Gasteiger partial charge in [-0.05, 0) is 35.8 Å². The second kappa shape index (κ2) is 8.95. The summed E-state index contributed by atoms with van der Waals surface area (Å²) in [5.74, 6) is 0. The van der Waals surface area contributed by atoms with Crippen LogP contribution in [0.4, 0.5) is 0 Å². The van der Waals surface area contributed by atoms with E-state index in [4.69, 9.17) is 0 Å². The van der Waals surface area contributed by atoms with Crippen LogP contribution in [0.1, 0.15) is 20.8 Å². The molecule has 0 radical (unpaired) electrons. The molecule has 0 amide bonds. The van der Waals surface area contributed by atoms with Gasteiger partial charge in [-0.3, -0.25) is 4.79 Å². The van der Waals surface area contributed by atoms with Gasteiger partial charge in [-0.15, -0.1) is 0 Å². The fraction of sp³-hybridized carbons (Fsp3) is 0.190. The minimum atomic E-state index is 0.0407. The van der Waals surface area contributed by atoms with Gasteiger partial charge in [-0.25, -0.2) is 0 Å². The minimum absolute atomic E-state index is 0.0407. The topological polar surface area (TPSA) is 17.1 Å². The summed E-state index contributed by atoms with van der Waals surface area (Å²) in [6.07, 6.45) is 5.12. The van der Waals surface area contributed by atoms with Crippen molar-refractivity contribution < 1.29 is 4.79 Å². The molecule has 1 nitrogen and oxygen atoms in total. The zero-order valence-corrected chi connectivity index (χ0v) is 15.9. The number of carbonyl (C=O) groups is 1. The Labute approximate surface area is 153 Å². The van der Waals surface area contributed by atoms with Crippen molar-refractivity contribution in [3.05, 3.63) is 82.6 Å². The summed E-state index contributed by atoms with van der Waals surface area (Å²) in [6, 6.07) is 20.2.